The number of carbonyl (C=O) groups excluding carboxylic acids is 1. The predicted molar refractivity (Wildman–Crippen MR) is 93.5 cm³/mol. The molecule has 4 fully saturated rings. The van der Waals surface area contributed by atoms with E-state index in [9.17, 15) is 4.79 Å². The van der Waals surface area contributed by atoms with Crippen LogP contribution in [0.2, 0.25) is 0 Å². The van der Waals surface area contributed by atoms with Crippen LogP contribution in [0.4, 0.5) is 5.69 Å². The van der Waals surface area contributed by atoms with Crippen LogP contribution in [0, 0.1) is 23.2 Å². The van der Waals surface area contributed by atoms with Crippen LogP contribution in [0.1, 0.15) is 44.9 Å². The van der Waals surface area contributed by atoms with Crippen LogP contribution in [-0.2, 0) is 4.79 Å². The second-order valence-electron chi connectivity index (χ2n) is 8.42. The van der Waals surface area contributed by atoms with E-state index in [1.807, 2.05) is 24.3 Å². The molecule has 2 N–H and O–H groups in total. The first-order chi connectivity index (χ1) is 12.2. The molecule has 0 aliphatic heterocycles. The minimum Gasteiger partial charge on any atom is -0.325 e. The molecule has 1 aromatic carbocycles. The standard InChI is InChI=1S/C19H23N5O/c25-17(11-19-8-12-5-13(9-19)7-14(6-12)10-19)20-16-4-2-1-3-15(16)18-21-23-24-22-18/h1-4,12-14H,5-11H2,(H,20,25)(H,21,22,23,24). The van der Waals surface area contributed by atoms with Crippen LogP contribution >= 0.6 is 0 Å². The molecule has 130 valence electrons. The molecule has 1 aromatic heterocycles. The number of nitrogens with one attached hydrogen (secondary N) is 2. The number of H-pyrrole nitrogens is 1. The Hall–Kier alpha value is -2.24. The van der Waals surface area contributed by atoms with E-state index in [4.69, 9.17) is 0 Å². The minimum absolute atomic E-state index is 0.123. The molecule has 4 aliphatic carbocycles. The molecule has 1 heterocycles. The first-order valence-electron chi connectivity index (χ1n) is 9.32. The zero-order valence-corrected chi connectivity index (χ0v) is 14.2. The van der Waals surface area contributed by atoms with Crippen molar-refractivity contribution in [1.82, 2.24) is 20.6 Å². The number of aromatic amines is 1. The van der Waals surface area contributed by atoms with Crippen molar-refractivity contribution in [3.05, 3.63) is 24.3 Å². The van der Waals surface area contributed by atoms with Crippen molar-refractivity contribution in [3.8, 4) is 11.4 Å². The fraction of sp³-hybridized carbons (Fsp3) is 0.579. The molecule has 4 aliphatic rings. The first-order valence-corrected chi connectivity index (χ1v) is 9.32. The van der Waals surface area contributed by atoms with E-state index in [2.05, 4.69) is 25.9 Å². The van der Waals surface area contributed by atoms with Gasteiger partial charge in [-0.2, -0.15) is 5.21 Å². The van der Waals surface area contributed by atoms with Gasteiger partial charge in [0.1, 0.15) is 0 Å². The number of amides is 1. The Morgan fingerprint density at radius 1 is 1.12 bits per heavy atom. The van der Waals surface area contributed by atoms with Crippen molar-refractivity contribution < 1.29 is 4.79 Å². The Balaban J connectivity index is 1.34. The Morgan fingerprint density at radius 3 is 2.44 bits per heavy atom. The summed E-state index contributed by atoms with van der Waals surface area (Å²) in [6.07, 6.45) is 8.61. The SMILES string of the molecule is O=C(CC12CC3CC(CC(C3)C1)C2)Nc1ccccc1-c1nn[nH]n1. The van der Waals surface area contributed by atoms with Crippen molar-refractivity contribution in [2.75, 3.05) is 5.32 Å². The van der Waals surface area contributed by atoms with Crippen LogP contribution in [0.25, 0.3) is 11.4 Å². The van der Waals surface area contributed by atoms with Crippen molar-refractivity contribution in [2.45, 2.75) is 44.9 Å². The summed E-state index contributed by atoms with van der Waals surface area (Å²) in [5.41, 5.74) is 1.81. The minimum atomic E-state index is 0.123. The van der Waals surface area contributed by atoms with Gasteiger partial charge in [-0.1, -0.05) is 12.1 Å². The van der Waals surface area contributed by atoms with Crippen LogP contribution in [0.5, 0.6) is 0 Å². The topological polar surface area (TPSA) is 83.6 Å². The lowest BCUT2D eigenvalue weighted by Crippen LogP contribution is -2.47. The van der Waals surface area contributed by atoms with Crippen LogP contribution in [0.15, 0.2) is 24.3 Å². The summed E-state index contributed by atoms with van der Waals surface area (Å²) >= 11 is 0. The molecule has 4 bridgehead atoms. The highest BCUT2D eigenvalue weighted by molar-refractivity contribution is 5.95. The summed E-state index contributed by atoms with van der Waals surface area (Å²) in [6.45, 7) is 0. The molecule has 0 unspecified atom stereocenters. The molecule has 0 spiro atoms. The zero-order chi connectivity index (χ0) is 16.9. The fourth-order valence-electron chi connectivity index (χ4n) is 6.10. The number of tetrazole rings is 1. The van der Waals surface area contributed by atoms with Gasteiger partial charge in [0.05, 0.1) is 5.69 Å². The van der Waals surface area contributed by atoms with Crippen molar-refractivity contribution >= 4 is 11.6 Å². The maximum absolute atomic E-state index is 12.8. The number of hydrogen-bond donors (Lipinski definition) is 2. The van der Waals surface area contributed by atoms with E-state index in [0.717, 1.165) is 29.0 Å². The van der Waals surface area contributed by atoms with Crippen LogP contribution < -0.4 is 5.32 Å². The van der Waals surface area contributed by atoms with E-state index in [1.54, 1.807) is 0 Å². The highest BCUT2D eigenvalue weighted by Crippen LogP contribution is 2.61. The van der Waals surface area contributed by atoms with Gasteiger partial charge in [0.25, 0.3) is 0 Å². The van der Waals surface area contributed by atoms with Gasteiger partial charge in [-0.3, -0.25) is 4.79 Å². The van der Waals surface area contributed by atoms with E-state index in [1.165, 1.54) is 38.5 Å². The number of para-hydroxylation sites is 1. The highest BCUT2D eigenvalue weighted by Gasteiger charge is 2.51. The molecule has 25 heavy (non-hydrogen) atoms. The summed E-state index contributed by atoms with van der Waals surface area (Å²) in [4.78, 5) is 12.8. The molecule has 6 rings (SSSR count). The predicted octanol–water partition coefficient (Wildman–Crippen LogP) is 3.41. The van der Waals surface area contributed by atoms with E-state index in [-0.39, 0.29) is 11.3 Å². The molecule has 0 radical (unpaired) electrons. The maximum Gasteiger partial charge on any atom is 0.224 e. The molecular formula is C19H23N5O. The average Bonchev–Trinajstić information content (AvgIpc) is 3.07. The molecule has 2 aromatic rings. The van der Waals surface area contributed by atoms with Gasteiger partial charge in [-0.05, 0) is 79.0 Å². The quantitative estimate of drug-likeness (QED) is 0.895. The number of carbonyl (C=O) groups is 1. The zero-order valence-electron chi connectivity index (χ0n) is 14.2. The smallest absolute Gasteiger partial charge is 0.224 e. The molecule has 1 amide bonds. The number of hydrogen-bond acceptors (Lipinski definition) is 4. The number of aromatic nitrogens is 4. The molecule has 4 saturated carbocycles. The summed E-state index contributed by atoms with van der Waals surface area (Å²) in [6, 6.07) is 7.65. The highest BCUT2D eigenvalue weighted by atomic mass is 16.1. The number of anilines is 1. The van der Waals surface area contributed by atoms with Gasteiger partial charge < -0.3 is 5.32 Å². The number of benzene rings is 1. The third-order valence-electron chi connectivity index (χ3n) is 6.49. The summed E-state index contributed by atoms with van der Waals surface area (Å²) in [5.74, 6) is 3.23. The van der Waals surface area contributed by atoms with Gasteiger partial charge in [-0.25, -0.2) is 0 Å². The second-order valence-corrected chi connectivity index (χ2v) is 8.42. The maximum atomic E-state index is 12.8. The third kappa shape index (κ3) is 2.73. The fourth-order valence-corrected chi connectivity index (χ4v) is 6.10. The molecule has 6 nitrogen and oxygen atoms in total. The average molecular weight is 337 g/mol. The Morgan fingerprint density at radius 2 is 1.80 bits per heavy atom. The molecular weight excluding hydrogens is 314 g/mol. The number of nitrogens with zero attached hydrogens (tertiary/aromatic N) is 3. The third-order valence-corrected chi connectivity index (χ3v) is 6.49. The van der Waals surface area contributed by atoms with Crippen LogP contribution in [0.3, 0.4) is 0 Å². The monoisotopic (exact) mass is 337 g/mol. The number of rotatable bonds is 4. The largest absolute Gasteiger partial charge is 0.325 e. The van der Waals surface area contributed by atoms with Crippen LogP contribution in [-0.4, -0.2) is 26.5 Å². The van der Waals surface area contributed by atoms with Crippen molar-refractivity contribution in [1.29, 1.82) is 0 Å². The lowest BCUT2D eigenvalue weighted by molar-refractivity contribution is -0.124. The Kier molecular flexibility index (Phi) is 3.40. The second kappa shape index (κ2) is 5.64. The van der Waals surface area contributed by atoms with Crippen molar-refractivity contribution in [3.63, 3.8) is 0 Å². The summed E-state index contributed by atoms with van der Waals surface area (Å²) in [7, 11) is 0. The Labute approximate surface area is 146 Å². The van der Waals surface area contributed by atoms with Gasteiger partial charge in [-0.15, -0.1) is 10.2 Å². The van der Waals surface area contributed by atoms with Gasteiger partial charge in [0.2, 0.25) is 11.7 Å². The lowest BCUT2D eigenvalue weighted by Gasteiger charge is -2.56. The van der Waals surface area contributed by atoms with Gasteiger partial charge in [0, 0.05) is 12.0 Å². The summed E-state index contributed by atoms with van der Waals surface area (Å²) in [5, 5.41) is 17.3. The van der Waals surface area contributed by atoms with E-state index < -0.39 is 0 Å². The first kappa shape index (κ1) is 15.0. The molecule has 0 atom stereocenters. The summed E-state index contributed by atoms with van der Waals surface area (Å²) < 4.78 is 0. The van der Waals surface area contributed by atoms with Crippen molar-refractivity contribution in [2.24, 2.45) is 23.2 Å². The van der Waals surface area contributed by atoms with E-state index in [0.29, 0.717) is 12.2 Å². The molecule has 6 heteroatoms. The normalized spacial score (nSPS) is 32.7. The van der Waals surface area contributed by atoms with E-state index >= 15 is 0 Å². The van der Waals surface area contributed by atoms with Gasteiger partial charge >= 0.3 is 0 Å². The molecule has 0 saturated heterocycles. The van der Waals surface area contributed by atoms with Gasteiger partial charge in [0.15, 0.2) is 0 Å². The lowest BCUT2D eigenvalue weighted by atomic mass is 9.49. The Bertz CT molecular complexity index is 750.